The number of pyridine rings is 1. The average Bonchev–Trinajstić information content (AvgIpc) is 2.49. The molecule has 2 rings (SSSR count). The highest BCUT2D eigenvalue weighted by Crippen LogP contribution is 2.27. The van der Waals surface area contributed by atoms with Crippen LogP contribution in [-0.2, 0) is 0 Å². The van der Waals surface area contributed by atoms with Crippen molar-refractivity contribution in [2.24, 2.45) is 5.73 Å². The van der Waals surface area contributed by atoms with Crippen LogP contribution in [0.2, 0.25) is 0 Å². The van der Waals surface area contributed by atoms with Crippen molar-refractivity contribution in [1.29, 1.82) is 0 Å². The Morgan fingerprint density at radius 3 is 2.70 bits per heavy atom. The van der Waals surface area contributed by atoms with Gasteiger partial charge in [0.1, 0.15) is 11.6 Å². The van der Waals surface area contributed by atoms with Crippen LogP contribution >= 0.6 is 0 Å². The molecule has 5 heteroatoms. The zero-order chi connectivity index (χ0) is 14.4. The van der Waals surface area contributed by atoms with Crippen molar-refractivity contribution in [2.75, 3.05) is 25.1 Å². The normalized spacial score (nSPS) is 10.3. The van der Waals surface area contributed by atoms with E-state index in [2.05, 4.69) is 4.98 Å². The maximum absolute atomic E-state index is 14.0. The van der Waals surface area contributed by atoms with Gasteiger partial charge in [0.25, 0.3) is 0 Å². The van der Waals surface area contributed by atoms with Gasteiger partial charge in [-0.05, 0) is 31.2 Å². The number of para-hydroxylation sites is 1. The Morgan fingerprint density at radius 1 is 1.20 bits per heavy atom. The monoisotopic (exact) mass is 275 g/mol. The number of nitrogens with two attached hydrogens (primary N) is 1. The van der Waals surface area contributed by atoms with Crippen molar-refractivity contribution < 1.29 is 9.13 Å². The molecule has 0 fully saturated rings. The SMILES string of the molecule is COc1cccc(N(CCCN)c2ccccc2F)n1. The molecule has 0 bridgehead atoms. The molecule has 20 heavy (non-hydrogen) atoms. The first-order chi connectivity index (χ1) is 9.76. The summed E-state index contributed by atoms with van der Waals surface area (Å²) in [5, 5.41) is 0. The lowest BCUT2D eigenvalue weighted by Gasteiger charge is -2.24. The van der Waals surface area contributed by atoms with Crippen LogP contribution < -0.4 is 15.4 Å². The second kappa shape index (κ2) is 6.86. The number of aromatic nitrogens is 1. The van der Waals surface area contributed by atoms with Crippen molar-refractivity contribution in [2.45, 2.75) is 6.42 Å². The number of hydrogen-bond acceptors (Lipinski definition) is 4. The topological polar surface area (TPSA) is 51.4 Å². The number of rotatable bonds is 6. The molecule has 0 saturated heterocycles. The van der Waals surface area contributed by atoms with Gasteiger partial charge in [-0.15, -0.1) is 0 Å². The summed E-state index contributed by atoms with van der Waals surface area (Å²) in [6.45, 7) is 1.13. The first-order valence-electron chi connectivity index (χ1n) is 6.49. The van der Waals surface area contributed by atoms with Crippen molar-refractivity contribution in [3.05, 3.63) is 48.3 Å². The van der Waals surface area contributed by atoms with E-state index in [1.165, 1.54) is 6.07 Å². The van der Waals surface area contributed by atoms with E-state index in [0.717, 1.165) is 6.42 Å². The molecule has 0 saturated carbocycles. The predicted octanol–water partition coefficient (Wildman–Crippen LogP) is 2.72. The Hall–Kier alpha value is -2.14. The molecule has 106 valence electrons. The first kappa shape index (κ1) is 14.3. The van der Waals surface area contributed by atoms with Crippen LogP contribution in [-0.4, -0.2) is 25.2 Å². The summed E-state index contributed by atoms with van der Waals surface area (Å²) in [7, 11) is 1.55. The fourth-order valence-electron chi connectivity index (χ4n) is 1.95. The lowest BCUT2D eigenvalue weighted by molar-refractivity contribution is 0.398. The summed E-state index contributed by atoms with van der Waals surface area (Å²) in [5.74, 6) is 0.855. The number of hydrogen-bond donors (Lipinski definition) is 1. The molecule has 0 unspecified atom stereocenters. The molecule has 1 aromatic heterocycles. The van der Waals surface area contributed by atoms with Gasteiger partial charge in [-0.3, -0.25) is 0 Å². The van der Waals surface area contributed by atoms with E-state index in [9.17, 15) is 4.39 Å². The molecule has 2 aromatic rings. The van der Waals surface area contributed by atoms with Gasteiger partial charge in [0.2, 0.25) is 5.88 Å². The minimum atomic E-state index is -0.283. The summed E-state index contributed by atoms with van der Waals surface area (Å²) >= 11 is 0. The highest BCUT2D eigenvalue weighted by Gasteiger charge is 2.14. The van der Waals surface area contributed by atoms with Gasteiger partial charge in [-0.25, -0.2) is 4.39 Å². The van der Waals surface area contributed by atoms with Crippen molar-refractivity contribution in [3.63, 3.8) is 0 Å². The molecule has 0 atom stereocenters. The zero-order valence-electron chi connectivity index (χ0n) is 11.4. The quantitative estimate of drug-likeness (QED) is 0.880. The molecule has 0 radical (unpaired) electrons. The summed E-state index contributed by atoms with van der Waals surface area (Å²) in [6, 6.07) is 12.0. The minimum absolute atomic E-state index is 0.283. The predicted molar refractivity (Wildman–Crippen MR) is 77.9 cm³/mol. The fourth-order valence-corrected chi connectivity index (χ4v) is 1.95. The van der Waals surface area contributed by atoms with Crippen molar-refractivity contribution in [3.8, 4) is 5.88 Å². The number of ether oxygens (including phenoxy) is 1. The molecule has 0 aliphatic heterocycles. The number of anilines is 2. The van der Waals surface area contributed by atoms with E-state index in [1.807, 2.05) is 17.0 Å². The Labute approximate surface area is 118 Å². The molecule has 1 heterocycles. The molecule has 4 nitrogen and oxygen atoms in total. The summed E-state index contributed by atoms with van der Waals surface area (Å²) < 4.78 is 19.1. The highest BCUT2D eigenvalue weighted by atomic mass is 19.1. The summed E-state index contributed by atoms with van der Waals surface area (Å²) in [4.78, 5) is 6.17. The van der Waals surface area contributed by atoms with Gasteiger partial charge in [-0.2, -0.15) is 4.98 Å². The molecule has 0 aliphatic rings. The Kier molecular flexibility index (Phi) is 4.90. The first-order valence-corrected chi connectivity index (χ1v) is 6.49. The molecule has 2 N–H and O–H groups in total. The number of nitrogens with zero attached hydrogens (tertiary/aromatic N) is 2. The van der Waals surface area contributed by atoms with Gasteiger partial charge in [-0.1, -0.05) is 18.2 Å². The maximum atomic E-state index is 14.0. The summed E-state index contributed by atoms with van der Waals surface area (Å²) in [6.07, 6.45) is 0.743. The van der Waals surface area contributed by atoms with Crippen molar-refractivity contribution in [1.82, 2.24) is 4.98 Å². The van der Waals surface area contributed by atoms with Crippen LogP contribution in [0.15, 0.2) is 42.5 Å². The molecule has 0 amide bonds. The molecule has 0 aliphatic carbocycles. The standard InChI is InChI=1S/C15H18FN3O/c1-20-15-9-4-8-14(18-15)19(11-5-10-17)13-7-3-2-6-12(13)16/h2-4,6-9H,5,10-11,17H2,1H3. The third-order valence-corrected chi connectivity index (χ3v) is 2.92. The highest BCUT2D eigenvalue weighted by molar-refractivity contribution is 5.60. The fraction of sp³-hybridized carbons (Fsp3) is 0.267. The largest absolute Gasteiger partial charge is 0.481 e. The van der Waals surface area contributed by atoms with Crippen LogP contribution in [0.25, 0.3) is 0 Å². The van der Waals surface area contributed by atoms with E-state index < -0.39 is 0 Å². The Morgan fingerprint density at radius 2 is 2.00 bits per heavy atom. The lowest BCUT2D eigenvalue weighted by Crippen LogP contribution is -2.22. The van der Waals surface area contributed by atoms with Gasteiger partial charge in [0.15, 0.2) is 0 Å². The van der Waals surface area contributed by atoms with Gasteiger partial charge >= 0.3 is 0 Å². The van der Waals surface area contributed by atoms with E-state index in [4.69, 9.17) is 10.5 Å². The van der Waals surface area contributed by atoms with E-state index in [0.29, 0.717) is 30.5 Å². The second-order valence-corrected chi connectivity index (χ2v) is 4.28. The van der Waals surface area contributed by atoms with E-state index in [-0.39, 0.29) is 5.82 Å². The third-order valence-electron chi connectivity index (χ3n) is 2.92. The van der Waals surface area contributed by atoms with Crippen LogP contribution in [0.5, 0.6) is 5.88 Å². The number of halogens is 1. The third kappa shape index (κ3) is 3.24. The van der Waals surface area contributed by atoms with E-state index in [1.54, 1.807) is 31.4 Å². The Bertz CT molecular complexity index is 562. The van der Waals surface area contributed by atoms with Crippen molar-refractivity contribution >= 4 is 11.5 Å². The maximum Gasteiger partial charge on any atom is 0.214 e. The van der Waals surface area contributed by atoms with Gasteiger partial charge < -0.3 is 15.4 Å². The van der Waals surface area contributed by atoms with Crippen LogP contribution in [0.4, 0.5) is 15.9 Å². The molecular formula is C15H18FN3O. The number of methoxy groups -OCH3 is 1. The van der Waals surface area contributed by atoms with E-state index >= 15 is 0 Å². The van der Waals surface area contributed by atoms with Gasteiger partial charge in [0.05, 0.1) is 12.8 Å². The molecule has 1 aromatic carbocycles. The Balaban J connectivity index is 2.38. The van der Waals surface area contributed by atoms with Gasteiger partial charge in [0, 0.05) is 12.6 Å². The van der Waals surface area contributed by atoms with Crippen LogP contribution in [0.1, 0.15) is 6.42 Å². The van der Waals surface area contributed by atoms with Crippen LogP contribution in [0.3, 0.4) is 0 Å². The average molecular weight is 275 g/mol. The van der Waals surface area contributed by atoms with Crippen LogP contribution in [0, 0.1) is 5.82 Å². The lowest BCUT2D eigenvalue weighted by atomic mass is 10.2. The summed E-state index contributed by atoms with van der Waals surface area (Å²) in [5.41, 5.74) is 6.05. The molecular weight excluding hydrogens is 257 g/mol. The minimum Gasteiger partial charge on any atom is -0.481 e. The second-order valence-electron chi connectivity index (χ2n) is 4.28. The zero-order valence-corrected chi connectivity index (χ0v) is 11.4. The molecule has 0 spiro atoms. The smallest absolute Gasteiger partial charge is 0.214 e. The number of benzene rings is 1.